The molecule has 1 aliphatic rings. The number of carbonyl (C=O) groups is 1. The molecule has 0 fully saturated rings. The molecule has 1 heterocycles. The third-order valence-electron chi connectivity index (χ3n) is 4.08. The number of para-hydroxylation sites is 1. The summed E-state index contributed by atoms with van der Waals surface area (Å²) in [6, 6.07) is 14.1. The Morgan fingerprint density at radius 3 is 2.67 bits per heavy atom. The van der Waals surface area contributed by atoms with Crippen molar-refractivity contribution in [3.05, 3.63) is 83.8 Å². The van der Waals surface area contributed by atoms with Crippen molar-refractivity contribution in [1.29, 1.82) is 0 Å². The maximum Gasteiger partial charge on any atom is 0.323 e. The Hall–Kier alpha value is -2.88. The summed E-state index contributed by atoms with van der Waals surface area (Å²) in [5.74, 6) is -1.16. The highest BCUT2D eigenvalue weighted by atomic mass is 19.1. The molecule has 4 heteroatoms. The van der Waals surface area contributed by atoms with Gasteiger partial charge in [-0.1, -0.05) is 36.9 Å². The van der Waals surface area contributed by atoms with Crippen LogP contribution in [0, 0.1) is 5.82 Å². The number of rotatable bonds is 5. The van der Waals surface area contributed by atoms with Crippen molar-refractivity contribution in [2.24, 2.45) is 0 Å². The van der Waals surface area contributed by atoms with Gasteiger partial charge < -0.3 is 10.0 Å². The van der Waals surface area contributed by atoms with Crippen LogP contribution in [0.4, 0.5) is 10.1 Å². The van der Waals surface area contributed by atoms with E-state index < -0.39 is 5.97 Å². The Morgan fingerprint density at radius 1 is 1.12 bits per heavy atom. The predicted octanol–water partition coefficient (Wildman–Crippen LogP) is 4.26. The normalized spacial score (nSPS) is 13.5. The second-order valence-electron chi connectivity index (χ2n) is 5.79. The summed E-state index contributed by atoms with van der Waals surface area (Å²) in [6.45, 7) is 3.97. The zero-order valence-electron chi connectivity index (χ0n) is 13.2. The SMILES string of the molecule is C=C1C=C(CCc2cccc(F)c2)N(CC(=O)O)c2ccccc21. The van der Waals surface area contributed by atoms with Crippen LogP contribution in [-0.4, -0.2) is 17.6 Å². The standard InChI is InChI=1S/C20H18FNO2/c1-14-11-17(10-9-15-5-4-6-16(21)12-15)22(13-20(23)24)19-8-3-2-7-18(14)19/h2-8,11-12H,1,9-10,13H2,(H,23,24). The average Bonchev–Trinajstić information content (AvgIpc) is 2.56. The number of halogens is 1. The highest BCUT2D eigenvalue weighted by Gasteiger charge is 2.23. The molecule has 2 aromatic rings. The van der Waals surface area contributed by atoms with E-state index in [1.807, 2.05) is 36.4 Å². The summed E-state index contributed by atoms with van der Waals surface area (Å²) in [5.41, 5.74) is 4.41. The van der Waals surface area contributed by atoms with Crippen LogP contribution in [0.2, 0.25) is 0 Å². The first-order valence-corrected chi connectivity index (χ1v) is 7.77. The summed E-state index contributed by atoms with van der Waals surface area (Å²) in [6.07, 6.45) is 3.17. The number of benzene rings is 2. The van der Waals surface area contributed by atoms with E-state index in [4.69, 9.17) is 0 Å². The third kappa shape index (κ3) is 3.38. The van der Waals surface area contributed by atoms with E-state index in [9.17, 15) is 14.3 Å². The van der Waals surface area contributed by atoms with Gasteiger partial charge >= 0.3 is 5.97 Å². The summed E-state index contributed by atoms with van der Waals surface area (Å²) >= 11 is 0. The van der Waals surface area contributed by atoms with Crippen molar-refractivity contribution in [2.45, 2.75) is 12.8 Å². The van der Waals surface area contributed by atoms with Gasteiger partial charge in [0.1, 0.15) is 12.4 Å². The molecule has 24 heavy (non-hydrogen) atoms. The largest absolute Gasteiger partial charge is 0.480 e. The van der Waals surface area contributed by atoms with E-state index in [0.29, 0.717) is 12.8 Å². The van der Waals surface area contributed by atoms with Gasteiger partial charge in [0, 0.05) is 16.9 Å². The highest BCUT2D eigenvalue weighted by molar-refractivity contribution is 5.88. The zero-order chi connectivity index (χ0) is 17.1. The number of hydrogen-bond acceptors (Lipinski definition) is 2. The maximum absolute atomic E-state index is 13.3. The van der Waals surface area contributed by atoms with Gasteiger partial charge in [0.15, 0.2) is 0 Å². The maximum atomic E-state index is 13.3. The fourth-order valence-corrected chi connectivity index (χ4v) is 2.99. The minimum atomic E-state index is -0.894. The van der Waals surface area contributed by atoms with Crippen molar-refractivity contribution in [2.75, 3.05) is 11.4 Å². The van der Waals surface area contributed by atoms with E-state index in [1.165, 1.54) is 12.1 Å². The summed E-state index contributed by atoms with van der Waals surface area (Å²) in [5, 5.41) is 9.26. The molecule has 0 saturated carbocycles. The molecule has 0 spiro atoms. The topological polar surface area (TPSA) is 40.5 Å². The molecule has 0 radical (unpaired) electrons. The first-order chi connectivity index (χ1) is 11.5. The van der Waals surface area contributed by atoms with Crippen LogP contribution < -0.4 is 4.90 Å². The number of carboxylic acids is 1. The second kappa shape index (κ2) is 6.71. The van der Waals surface area contributed by atoms with Gasteiger partial charge in [-0.15, -0.1) is 0 Å². The first kappa shape index (κ1) is 16.0. The lowest BCUT2D eigenvalue weighted by atomic mass is 9.96. The number of anilines is 1. The van der Waals surface area contributed by atoms with Gasteiger partial charge in [-0.2, -0.15) is 0 Å². The van der Waals surface area contributed by atoms with E-state index in [1.54, 1.807) is 11.0 Å². The van der Waals surface area contributed by atoms with Crippen LogP contribution in [-0.2, 0) is 11.2 Å². The first-order valence-electron chi connectivity index (χ1n) is 7.77. The fourth-order valence-electron chi connectivity index (χ4n) is 2.99. The van der Waals surface area contributed by atoms with Crippen LogP contribution >= 0.6 is 0 Å². The smallest absolute Gasteiger partial charge is 0.323 e. The van der Waals surface area contributed by atoms with Crippen LogP contribution in [0.1, 0.15) is 17.5 Å². The van der Waals surface area contributed by atoms with Crippen molar-refractivity contribution in [3.8, 4) is 0 Å². The molecule has 0 bridgehead atoms. The summed E-state index contributed by atoms with van der Waals surface area (Å²) < 4.78 is 13.3. The van der Waals surface area contributed by atoms with Gasteiger partial charge in [0.05, 0.1) is 0 Å². The molecule has 0 aromatic heterocycles. The zero-order valence-corrected chi connectivity index (χ0v) is 13.2. The molecule has 1 aliphatic heterocycles. The number of fused-ring (bicyclic) bond motifs is 1. The predicted molar refractivity (Wildman–Crippen MR) is 93.3 cm³/mol. The lowest BCUT2D eigenvalue weighted by Gasteiger charge is -2.32. The Bertz CT molecular complexity index is 826. The Morgan fingerprint density at radius 2 is 1.92 bits per heavy atom. The van der Waals surface area contributed by atoms with Crippen molar-refractivity contribution < 1.29 is 14.3 Å². The molecule has 1 N–H and O–H groups in total. The molecule has 2 aromatic carbocycles. The summed E-state index contributed by atoms with van der Waals surface area (Å²) in [7, 11) is 0. The molecule has 3 rings (SSSR count). The lowest BCUT2D eigenvalue weighted by Crippen LogP contribution is -2.31. The Labute approximate surface area is 140 Å². The number of hydrogen-bond donors (Lipinski definition) is 1. The number of nitrogens with zero attached hydrogens (tertiary/aromatic N) is 1. The Kier molecular flexibility index (Phi) is 4.47. The molecule has 3 nitrogen and oxygen atoms in total. The van der Waals surface area contributed by atoms with E-state index >= 15 is 0 Å². The van der Waals surface area contributed by atoms with Crippen molar-refractivity contribution >= 4 is 17.2 Å². The highest BCUT2D eigenvalue weighted by Crippen LogP contribution is 2.36. The molecule has 0 saturated heterocycles. The molecular weight excluding hydrogens is 305 g/mol. The number of carboxylic acid groups (broad SMARTS) is 1. The fraction of sp³-hybridized carbons (Fsp3) is 0.150. The second-order valence-corrected chi connectivity index (χ2v) is 5.79. The number of aryl methyl sites for hydroxylation is 1. The quantitative estimate of drug-likeness (QED) is 0.894. The summed E-state index contributed by atoms with van der Waals surface area (Å²) in [4.78, 5) is 13.1. The van der Waals surface area contributed by atoms with Gasteiger partial charge in [-0.05, 0) is 48.3 Å². The molecule has 0 unspecified atom stereocenters. The number of allylic oxidation sites excluding steroid dienone is 3. The minimum absolute atomic E-state index is 0.112. The van der Waals surface area contributed by atoms with Gasteiger partial charge in [0.2, 0.25) is 0 Å². The van der Waals surface area contributed by atoms with Crippen LogP contribution in [0.15, 0.2) is 66.9 Å². The van der Waals surface area contributed by atoms with Crippen molar-refractivity contribution in [1.82, 2.24) is 0 Å². The van der Waals surface area contributed by atoms with E-state index in [2.05, 4.69) is 6.58 Å². The van der Waals surface area contributed by atoms with Crippen LogP contribution in [0.3, 0.4) is 0 Å². The molecule has 0 aliphatic carbocycles. The van der Waals surface area contributed by atoms with Crippen molar-refractivity contribution in [3.63, 3.8) is 0 Å². The molecule has 0 atom stereocenters. The van der Waals surface area contributed by atoms with Crippen LogP contribution in [0.5, 0.6) is 0 Å². The van der Waals surface area contributed by atoms with E-state index in [-0.39, 0.29) is 12.4 Å². The van der Waals surface area contributed by atoms with Gasteiger partial charge in [-0.3, -0.25) is 4.79 Å². The van der Waals surface area contributed by atoms with Gasteiger partial charge in [-0.25, -0.2) is 4.39 Å². The lowest BCUT2D eigenvalue weighted by molar-refractivity contribution is -0.135. The average molecular weight is 323 g/mol. The number of aliphatic carboxylic acids is 1. The minimum Gasteiger partial charge on any atom is -0.480 e. The molecule has 122 valence electrons. The third-order valence-corrected chi connectivity index (χ3v) is 4.08. The molecule has 0 amide bonds. The van der Waals surface area contributed by atoms with E-state index in [0.717, 1.165) is 28.1 Å². The van der Waals surface area contributed by atoms with Crippen LogP contribution in [0.25, 0.3) is 5.57 Å². The molecular formula is C20H18FNO2. The monoisotopic (exact) mass is 323 g/mol. The van der Waals surface area contributed by atoms with Gasteiger partial charge in [0.25, 0.3) is 0 Å². The Balaban J connectivity index is 1.87.